The van der Waals surface area contributed by atoms with E-state index >= 15 is 0 Å². The van der Waals surface area contributed by atoms with Gasteiger partial charge < -0.3 is 14.5 Å². The van der Waals surface area contributed by atoms with E-state index in [2.05, 4.69) is 52.3 Å². The predicted molar refractivity (Wildman–Crippen MR) is 214 cm³/mol. The molecule has 11 rings (SSSR count). The Balaban J connectivity index is 1.12. The molecule has 56 heavy (non-hydrogen) atoms. The van der Waals surface area contributed by atoms with E-state index in [-0.39, 0.29) is 45.1 Å². The second-order valence-corrected chi connectivity index (χ2v) is 14.3. The van der Waals surface area contributed by atoms with Crippen LogP contribution in [0.5, 0.6) is 0 Å². The average Bonchev–Trinajstić information content (AvgIpc) is 3.82. The fourth-order valence-electron chi connectivity index (χ4n) is 8.75. The second-order valence-electron chi connectivity index (χ2n) is 14.3. The summed E-state index contributed by atoms with van der Waals surface area (Å²) in [5.41, 5.74) is 6.31. The van der Waals surface area contributed by atoms with E-state index in [0.29, 0.717) is 5.69 Å². The molecule has 0 N–H and O–H groups in total. The molecule has 0 spiro atoms. The molecule has 2 amide bonds. The lowest BCUT2D eigenvalue weighted by molar-refractivity contribution is 0.0390. The Hall–Kier alpha value is -7.46. The summed E-state index contributed by atoms with van der Waals surface area (Å²) in [5, 5.41) is 0.528. The molecule has 10 heteroatoms. The Kier molecular flexibility index (Phi) is 6.87. The zero-order chi connectivity index (χ0) is 37.7. The largest absolute Gasteiger partial charge is 0.386 e. The number of carbonyl (C=O) groups excluding carboxylic acids is 4. The van der Waals surface area contributed by atoms with E-state index in [0.717, 1.165) is 33.9 Å². The zero-order valence-electron chi connectivity index (χ0n) is 29.5. The van der Waals surface area contributed by atoms with E-state index in [1.54, 1.807) is 0 Å². The summed E-state index contributed by atoms with van der Waals surface area (Å²) in [6.45, 7) is 0. The Morgan fingerprint density at radius 2 is 0.911 bits per heavy atom. The third-order valence-electron chi connectivity index (χ3n) is 11.2. The van der Waals surface area contributed by atoms with E-state index < -0.39 is 36.1 Å². The molecular weight excluding hydrogens is 703 g/mol. The molecule has 4 heterocycles. The number of imide groups is 1. The first kappa shape index (κ1) is 32.0. The molecule has 4 atom stereocenters. The number of hydrogen-bond acceptors (Lipinski definition) is 9. The molecule has 0 radical (unpaired) electrons. The third kappa shape index (κ3) is 4.62. The highest BCUT2D eigenvalue weighted by molar-refractivity contribution is 6.38. The first-order chi connectivity index (χ1) is 27.4. The SMILES string of the molecule is O=C1OC(=O)c2ccc3c4c(ccc1c24)C(=O)N(c1cc(N2C4C=CC=CC4=NC2c2ccccc2)cc(N2C4C=CC=CC4=NC2c2ccccc2)c1)C3=O. The van der Waals surface area contributed by atoms with E-state index in [1.165, 1.54) is 29.2 Å². The smallest absolute Gasteiger partial charge is 0.346 e. The van der Waals surface area contributed by atoms with Crippen molar-refractivity contribution in [3.63, 3.8) is 0 Å². The molecule has 6 aliphatic rings. The van der Waals surface area contributed by atoms with Crippen molar-refractivity contribution in [2.45, 2.75) is 24.4 Å². The van der Waals surface area contributed by atoms with Crippen LogP contribution in [0.25, 0.3) is 10.8 Å². The Bertz CT molecular complexity index is 2620. The monoisotopic (exact) mass is 731 g/mol. The minimum atomic E-state index is -0.815. The van der Waals surface area contributed by atoms with Crippen LogP contribution >= 0.6 is 0 Å². The summed E-state index contributed by atoms with van der Waals surface area (Å²) in [4.78, 5) is 71.2. The van der Waals surface area contributed by atoms with Crippen molar-refractivity contribution >= 4 is 63.0 Å². The molecule has 0 saturated heterocycles. The Morgan fingerprint density at radius 1 is 0.482 bits per heavy atom. The lowest BCUT2D eigenvalue weighted by Crippen LogP contribution is -2.42. The van der Waals surface area contributed by atoms with Crippen LogP contribution in [-0.2, 0) is 4.74 Å². The summed E-state index contributed by atoms with van der Waals surface area (Å²) in [6.07, 6.45) is 15.4. The quantitative estimate of drug-likeness (QED) is 0.103. The van der Waals surface area contributed by atoms with Gasteiger partial charge in [0.15, 0.2) is 0 Å². The van der Waals surface area contributed by atoms with Gasteiger partial charge in [-0.25, -0.2) is 14.5 Å². The standard InChI is InChI=1S/C46H29N5O5/c52-43-31-19-21-33-40-34(46(55)56-45(33)54)22-20-32(39(31)40)44(53)51(43)30-24-28(49-37-17-9-7-15-35(37)47-41(49)26-11-3-1-4-12-26)23-29(25-30)50-38-18-10-8-16-36(38)48-42(50)27-13-5-2-6-14-27/h1-25,37-38,41-42H. The van der Waals surface area contributed by atoms with Crippen LogP contribution in [0.4, 0.5) is 17.1 Å². The van der Waals surface area contributed by atoms with Gasteiger partial charge in [0.05, 0.1) is 40.3 Å². The number of aliphatic imine (C=N–C) groups is 2. The first-order valence-electron chi connectivity index (χ1n) is 18.4. The van der Waals surface area contributed by atoms with E-state index in [9.17, 15) is 19.2 Å². The molecule has 5 aromatic carbocycles. The summed E-state index contributed by atoms with van der Waals surface area (Å²) >= 11 is 0. The van der Waals surface area contributed by atoms with Gasteiger partial charge in [-0.05, 0) is 65.7 Å². The number of nitrogens with zero attached hydrogens (tertiary/aromatic N) is 5. The number of cyclic esters (lactones) is 2. The Morgan fingerprint density at radius 3 is 1.39 bits per heavy atom. The highest BCUT2D eigenvalue weighted by Gasteiger charge is 2.42. The fraction of sp³-hybridized carbons (Fsp3) is 0.0870. The molecule has 5 aromatic rings. The lowest BCUT2D eigenvalue weighted by atomic mass is 9.87. The summed E-state index contributed by atoms with van der Waals surface area (Å²) < 4.78 is 4.95. The van der Waals surface area contributed by atoms with Gasteiger partial charge >= 0.3 is 11.9 Å². The van der Waals surface area contributed by atoms with E-state index in [4.69, 9.17) is 14.7 Å². The van der Waals surface area contributed by atoms with Gasteiger partial charge in [0, 0.05) is 33.3 Å². The number of rotatable bonds is 5. The number of benzene rings is 5. The second kappa shape index (κ2) is 12.0. The number of anilines is 3. The molecule has 0 aromatic heterocycles. The van der Waals surface area contributed by atoms with Crippen LogP contribution in [0.15, 0.2) is 162 Å². The van der Waals surface area contributed by atoms with Gasteiger partial charge in [0.2, 0.25) is 0 Å². The predicted octanol–water partition coefficient (Wildman–Crippen LogP) is 7.86. The fourth-order valence-corrected chi connectivity index (χ4v) is 8.75. The van der Waals surface area contributed by atoms with Crippen LogP contribution in [0.2, 0.25) is 0 Å². The highest BCUT2D eigenvalue weighted by Crippen LogP contribution is 2.46. The lowest BCUT2D eigenvalue weighted by Gasteiger charge is -2.36. The molecule has 10 nitrogen and oxygen atoms in total. The van der Waals surface area contributed by atoms with Gasteiger partial charge in [-0.2, -0.15) is 0 Å². The van der Waals surface area contributed by atoms with Crippen molar-refractivity contribution in [3.05, 3.63) is 185 Å². The minimum Gasteiger partial charge on any atom is -0.386 e. The normalized spacial score (nSPS) is 22.8. The maximum absolute atomic E-state index is 14.8. The number of allylic oxidation sites excluding steroid dienone is 4. The van der Waals surface area contributed by atoms with Crippen molar-refractivity contribution in [2.75, 3.05) is 14.7 Å². The van der Waals surface area contributed by atoms with Crippen LogP contribution in [0.1, 0.15) is 64.9 Å². The van der Waals surface area contributed by atoms with Gasteiger partial charge in [-0.1, -0.05) is 97.1 Å². The van der Waals surface area contributed by atoms with Crippen molar-refractivity contribution in [1.82, 2.24) is 0 Å². The van der Waals surface area contributed by atoms with Crippen LogP contribution in [0.3, 0.4) is 0 Å². The molecule has 0 saturated carbocycles. The van der Waals surface area contributed by atoms with Crippen molar-refractivity contribution in [2.24, 2.45) is 9.98 Å². The van der Waals surface area contributed by atoms with Gasteiger partial charge in [-0.3, -0.25) is 19.6 Å². The topological polar surface area (TPSA) is 112 Å². The third-order valence-corrected chi connectivity index (χ3v) is 11.2. The zero-order valence-corrected chi connectivity index (χ0v) is 29.5. The number of ether oxygens (including phenoxy) is 1. The number of amides is 2. The molecule has 0 fully saturated rings. The number of carbonyl (C=O) groups is 4. The average molecular weight is 732 g/mol. The maximum Gasteiger partial charge on any atom is 0.346 e. The molecule has 4 aliphatic heterocycles. The number of hydrogen-bond donors (Lipinski definition) is 0. The van der Waals surface area contributed by atoms with Crippen molar-refractivity contribution in [3.8, 4) is 0 Å². The van der Waals surface area contributed by atoms with E-state index in [1.807, 2.05) is 85.0 Å². The van der Waals surface area contributed by atoms with Crippen LogP contribution in [0, 0.1) is 0 Å². The summed E-state index contributed by atoms with van der Waals surface area (Å²) in [6, 6.07) is 31.6. The summed E-state index contributed by atoms with van der Waals surface area (Å²) in [7, 11) is 0. The molecule has 4 unspecified atom stereocenters. The molecule has 268 valence electrons. The number of esters is 2. The number of fused-ring (bicyclic) bond motifs is 2. The van der Waals surface area contributed by atoms with Crippen molar-refractivity contribution in [1.29, 1.82) is 0 Å². The summed E-state index contributed by atoms with van der Waals surface area (Å²) in [5.74, 6) is -2.77. The van der Waals surface area contributed by atoms with Crippen LogP contribution in [-0.4, -0.2) is 47.3 Å². The molecule has 2 aliphatic carbocycles. The maximum atomic E-state index is 14.8. The van der Waals surface area contributed by atoms with Crippen molar-refractivity contribution < 1.29 is 23.9 Å². The van der Waals surface area contributed by atoms with Crippen LogP contribution < -0.4 is 14.7 Å². The first-order valence-corrected chi connectivity index (χ1v) is 18.4. The Labute approximate surface area is 320 Å². The molecular formula is C46H29N5O5. The molecule has 0 bridgehead atoms. The van der Waals surface area contributed by atoms with Gasteiger partial charge in [0.25, 0.3) is 11.8 Å². The minimum absolute atomic E-state index is 0.135. The van der Waals surface area contributed by atoms with Gasteiger partial charge in [-0.15, -0.1) is 0 Å². The van der Waals surface area contributed by atoms with Gasteiger partial charge in [0.1, 0.15) is 12.3 Å². The highest BCUT2D eigenvalue weighted by atomic mass is 16.6.